The summed E-state index contributed by atoms with van der Waals surface area (Å²) in [4.78, 5) is 11.3. The van der Waals surface area contributed by atoms with Crippen LogP contribution in [0.15, 0.2) is 24.3 Å². The highest BCUT2D eigenvalue weighted by Gasteiger charge is 2.15. The van der Waals surface area contributed by atoms with Crippen LogP contribution < -0.4 is 10.1 Å². The van der Waals surface area contributed by atoms with Gasteiger partial charge in [0, 0.05) is 6.04 Å². The Labute approximate surface area is 108 Å². The number of carbonyl (C=O) groups is 1. The molecule has 1 aromatic carbocycles. The van der Waals surface area contributed by atoms with Crippen LogP contribution in [0, 0.1) is 0 Å². The monoisotopic (exact) mass is 251 g/mol. The van der Waals surface area contributed by atoms with Crippen LogP contribution >= 0.6 is 0 Å². The van der Waals surface area contributed by atoms with Gasteiger partial charge in [0.15, 0.2) is 0 Å². The number of hydrogen-bond acceptors (Lipinski definition) is 4. The van der Waals surface area contributed by atoms with Crippen molar-refractivity contribution in [1.82, 2.24) is 5.32 Å². The number of esters is 1. The minimum absolute atomic E-state index is 0.201. The predicted octanol–water partition coefficient (Wildman–Crippen LogP) is 1.78. The van der Waals surface area contributed by atoms with E-state index in [1.807, 2.05) is 31.2 Å². The van der Waals surface area contributed by atoms with Crippen molar-refractivity contribution >= 4 is 5.97 Å². The van der Waals surface area contributed by atoms with Crippen LogP contribution in [0.25, 0.3) is 0 Å². The molecule has 1 aromatic rings. The molecule has 0 aliphatic rings. The zero-order valence-corrected chi connectivity index (χ0v) is 11.4. The first kappa shape index (κ1) is 14.5. The standard InChI is InChI=1S/C14H21NO3/c1-10(15-11(2)14(16)18-4)9-12-5-7-13(17-3)8-6-12/h5-8,10-11,15H,9H2,1-4H3/t10?,11-/m0/s1. The van der Waals surface area contributed by atoms with Gasteiger partial charge < -0.3 is 14.8 Å². The second-order valence-electron chi connectivity index (χ2n) is 4.36. The van der Waals surface area contributed by atoms with Crippen molar-refractivity contribution < 1.29 is 14.3 Å². The van der Waals surface area contributed by atoms with Crippen molar-refractivity contribution in [2.75, 3.05) is 14.2 Å². The molecule has 2 atom stereocenters. The molecular weight excluding hydrogens is 230 g/mol. The summed E-state index contributed by atoms with van der Waals surface area (Å²) in [5.74, 6) is 0.610. The second-order valence-corrected chi connectivity index (χ2v) is 4.36. The Balaban J connectivity index is 2.48. The Morgan fingerprint density at radius 1 is 1.22 bits per heavy atom. The zero-order valence-electron chi connectivity index (χ0n) is 11.4. The van der Waals surface area contributed by atoms with Crippen molar-refractivity contribution in [3.8, 4) is 5.75 Å². The molecule has 0 aliphatic carbocycles. The molecule has 1 unspecified atom stereocenters. The first-order valence-electron chi connectivity index (χ1n) is 6.03. The number of rotatable bonds is 6. The smallest absolute Gasteiger partial charge is 0.322 e. The van der Waals surface area contributed by atoms with Crippen LogP contribution in [0.2, 0.25) is 0 Å². The van der Waals surface area contributed by atoms with Crippen molar-refractivity contribution in [2.24, 2.45) is 0 Å². The Morgan fingerprint density at radius 2 is 1.83 bits per heavy atom. The fraction of sp³-hybridized carbons (Fsp3) is 0.500. The molecular formula is C14H21NO3. The van der Waals surface area contributed by atoms with E-state index in [1.165, 1.54) is 12.7 Å². The van der Waals surface area contributed by atoms with E-state index in [0.29, 0.717) is 0 Å². The third kappa shape index (κ3) is 4.37. The highest BCUT2D eigenvalue weighted by Crippen LogP contribution is 2.12. The molecule has 0 heterocycles. The molecule has 18 heavy (non-hydrogen) atoms. The number of ether oxygens (including phenoxy) is 2. The minimum atomic E-state index is -0.289. The molecule has 0 aromatic heterocycles. The van der Waals surface area contributed by atoms with E-state index in [0.717, 1.165) is 12.2 Å². The third-order valence-corrected chi connectivity index (χ3v) is 2.79. The van der Waals surface area contributed by atoms with Gasteiger partial charge in [0.2, 0.25) is 0 Å². The van der Waals surface area contributed by atoms with Crippen molar-refractivity contribution in [3.05, 3.63) is 29.8 Å². The molecule has 0 radical (unpaired) electrons. The molecule has 100 valence electrons. The fourth-order valence-electron chi connectivity index (χ4n) is 1.85. The Bertz CT molecular complexity index is 375. The molecule has 1 rings (SSSR count). The van der Waals surface area contributed by atoms with Crippen LogP contribution in [-0.2, 0) is 16.0 Å². The number of nitrogens with one attached hydrogen (secondary N) is 1. The largest absolute Gasteiger partial charge is 0.497 e. The van der Waals surface area contributed by atoms with Crippen LogP contribution in [0.5, 0.6) is 5.75 Å². The summed E-state index contributed by atoms with van der Waals surface area (Å²) in [6.07, 6.45) is 0.853. The molecule has 4 nitrogen and oxygen atoms in total. The fourth-order valence-corrected chi connectivity index (χ4v) is 1.85. The SMILES string of the molecule is COC(=O)[C@H](C)NC(C)Cc1ccc(OC)cc1. The van der Waals surface area contributed by atoms with Gasteiger partial charge in [-0.2, -0.15) is 0 Å². The van der Waals surface area contributed by atoms with Crippen LogP contribution in [0.3, 0.4) is 0 Å². The minimum Gasteiger partial charge on any atom is -0.497 e. The van der Waals surface area contributed by atoms with E-state index >= 15 is 0 Å². The molecule has 0 fully saturated rings. The lowest BCUT2D eigenvalue weighted by atomic mass is 10.1. The van der Waals surface area contributed by atoms with Gasteiger partial charge in [0.1, 0.15) is 11.8 Å². The summed E-state index contributed by atoms with van der Waals surface area (Å²) >= 11 is 0. The Kier molecular flexibility index (Phi) is 5.65. The van der Waals surface area contributed by atoms with Gasteiger partial charge in [-0.25, -0.2) is 0 Å². The van der Waals surface area contributed by atoms with E-state index in [9.17, 15) is 4.79 Å². The molecule has 0 saturated carbocycles. The maximum absolute atomic E-state index is 11.3. The van der Waals surface area contributed by atoms with E-state index < -0.39 is 0 Å². The zero-order chi connectivity index (χ0) is 13.5. The first-order chi connectivity index (χ1) is 8.56. The van der Waals surface area contributed by atoms with E-state index in [4.69, 9.17) is 4.74 Å². The molecule has 0 amide bonds. The molecule has 4 heteroatoms. The Morgan fingerprint density at radius 3 is 2.33 bits per heavy atom. The summed E-state index contributed by atoms with van der Waals surface area (Å²) in [5, 5.41) is 3.20. The van der Waals surface area contributed by atoms with Gasteiger partial charge in [-0.15, -0.1) is 0 Å². The van der Waals surface area contributed by atoms with Crippen molar-refractivity contribution in [2.45, 2.75) is 32.4 Å². The lowest BCUT2D eigenvalue weighted by molar-refractivity contribution is -0.142. The van der Waals surface area contributed by atoms with Gasteiger partial charge >= 0.3 is 5.97 Å². The molecule has 0 aliphatic heterocycles. The maximum Gasteiger partial charge on any atom is 0.322 e. The molecule has 0 saturated heterocycles. The lowest BCUT2D eigenvalue weighted by Gasteiger charge is -2.18. The van der Waals surface area contributed by atoms with Crippen molar-refractivity contribution in [3.63, 3.8) is 0 Å². The highest BCUT2D eigenvalue weighted by atomic mass is 16.5. The number of carbonyl (C=O) groups excluding carboxylic acids is 1. The maximum atomic E-state index is 11.3. The molecule has 0 bridgehead atoms. The highest BCUT2D eigenvalue weighted by molar-refractivity contribution is 5.75. The summed E-state index contributed by atoms with van der Waals surface area (Å²) < 4.78 is 9.78. The van der Waals surface area contributed by atoms with E-state index in [-0.39, 0.29) is 18.1 Å². The normalized spacial score (nSPS) is 13.8. The summed E-state index contributed by atoms with van der Waals surface area (Å²) in [6.45, 7) is 3.85. The average Bonchev–Trinajstić information content (AvgIpc) is 2.38. The molecule has 0 spiro atoms. The first-order valence-corrected chi connectivity index (χ1v) is 6.03. The van der Waals surface area contributed by atoms with Gasteiger partial charge in [0.25, 0.3) is 0 Å². The van der Waals surface area contributed by atoms with Gasteiger partial charge in [-0.3, -0.25) is 4.79 Å². The Hall–Kier alpha value is -1.55. The third-order valence-electron chi connectivity index (χ3n) is 2.79. The average molecular weight is 251 g/mol. The van der Waals surface area contributed by atoms with Crippen molar-refractivity contribution in [1.29, 1.82) is 0 Å². The van der Waals surface area contributed by atoms with Gasteiger partial charge in [-0.05, 0) is 38.0 Å². The van der Waals surface area contributed by atoms with E-state index in [1.54, 1.807) is 14.0 Å². The van der Waals surface area contributed by atoms with Gasteiger partial charge in [0.05, 0.1) is 14.2 Å². The van der Waals surface area contributed by atoms with Crippen LogP contribution in [0.4, 0.5) is 0 Å². The number of methoxy groups -OCH3 is 2. The molecule has 1 N–H and O–H groups in total. The predicted molar refractivity (Wildman–Crippen MR) is 70.8 cm³/mol. The summed E-state index contributed by atoms with van der Waals surface area (Å²) in [7, 11) is 3.05. The topological polar surface area (TPSA) is 47.6 Å². The number of hydrogen-bond donors (Lipinski definition) is 1. The van der Waals surface area contributed by atoms with Crippen LogP contribution in [-0.4, -0.2) is 32.3 Å². The van der Waals surface area contributed by atoms with E-state index in [2.05, 4.69) is 10.1 Å². The van der Waals surface area contributed by atoms with Gasteiger partial charge in [-0.1, -0.05) is 12.1 Å². The summed E-state index contributed by atoms with van der Waals surface area (Å²) in [6, 6.07) is 7.84. The second kappa shape index (κ2) is 7.01. The number of benzene rings is 1. The quantitative estimate of drug-likeness (QED) is 0.783. The van der Waals surface area contributed by atoms with Crippen LogP contribution in [0.1, 0.15) is 19.4 Å². The summed E-state index contributed by atoms with van der Waals surface area (Å²) in [5.41, 5.74) is 1.20. The lowest BCUT2D eigenvalue weighted by Crippen LogP contribution is -2.41.